The summed E-state index contributed by atoms with van der Waals surface area (Å²) in [5.74, 6) is 2.74. The normalized spacial score (nSPS) is 16.9. The Labute approximate surface area is 54.0 Å². The molecule has 8 heavy (non-hydrogen) atoms. The molecule has 0 saturated heterocycles. The average molecular weight is 130 g/mol. The highest BCUT2D eigenvalue weighted by atomic mass is 32.3. The van der Waals surface area contributed by atoms with Gasteiger partial charge in [0.1, 0.15) is 0 Å². The highest BCUT2D eigenvalue weighted by Crippen LogP contribution is 2.39. The van der Waals surface area contributed by atoms with Crippen LogP contribution in [0.3, 0.4) is 0 Å². The van der Waals surface area contributed by atoms with E-state index >= 15 is 0 Å². The second-order valence-electron chi connectivity index (χ2n) is 2.74. The van der Waals surface area contributed by atoms with Crippen LogP contribution in [-0.4, -0.2) is 24.0 Å². The number of rotatable bonds is 1. The van der Waals surface area contributed by atoms with Gasteiger partial charge in [-0.3, -0.25) is 0 Å². The summed E-state index contributed by atoms with van der Waals surface area (Å²) in [4.78, 5) is 0. The summed E-state index contributed by atoms with van der Waals surface area (Å²) in [6, 6.07) is 0. The van der Waals surface area contributed by atoms with Crippen LogP contribution in [0.4, 0.5) is 0 Å². The Kier molecular flexibility index (Phi) is 2.43. The lowest BCUT2D eigenvalue weighted by Gasteiger charge is -2.28. The van der Waals surface area contributed by atoms with E-state index < -0.39 is 10.0 Å². The fourth-order valence-corrected chi connectivity index (χ4v) is 0.612. The van der Waals surface area contributed by atoms with E-state index in [0.717, 1.165) is 0 Å². The van der Waals surface area contributed by atoms with Crippen LogP contribution in [0, 0.1) is 12.3 Å². The third kappa shape index (κ3) is 2.28. The lowest BCUT2D eigenvalue weighted by Crippen LogP contribution is -2.07. The molecule has 0 fully saturated rings. The van der Waals surface area contributed by atoms with Gasteiger partial charge in [0.2, 0.25) is 0 Å². The van der Waals surface area contributed by atoms with Gasteiger partial charge in [-0.1, -0.05) is 5.92 Å². The van der Waals surface area contributed by atoms with Crippen LogP contribution in [0.1, 0.15) is 6.92 Å². The molecule has 1 heteroatoms. The summed E-state index contributed by atoms with van der Waals surface area (Å²) >= 11 is 0. The molecular weight excluding hydrogens is 116 g/mol. The molecule has 0 aromatic heterocycles. The van der Waals surface area contributed by atoms with Crippen molar-refractivity contribution in [2.24, 2.45) is 0 Å². The van der Waals surface area contributed by atoms with Crippen molar-refractivity contribution in [2.75, 3.05) is 18.8 Å². The lowest BCUT2D eigenvalue weighted by atomic mass is 10.5. The van der Waals surface area contributed by atoms with Gasteiger partial charge >= 0.3 is 0 Å². The molecule has 0 nitrogen and oxygen atoms in total. The third-order valence-corrected chi connectivity index (χ3v) is 3.55. The molecule has 0 aliphatic carbocycles. The molecule has 0 aliphatic rings. The second kappa shape index (κ2) is 2.46. The Morgan fingerprint density at radius 1 is 1.38 bits per heavy atom. The molecule has 0 aromatic rings. The van der Waals surface area contributed by atoms with Crippen molar-refractivity contribution in [2.45, 2.75) is 12.2 Å². The Bertz CT molecular complexity index is 103. The monoisotopic (exact) mass is 130 g/mol. The number of hydrogen-bond acceptors (Lipinski definition) is 0. The molecular formula is C7H14S. The Balaban J connectivity index is 3.87. The van der Waals surface area contributed by atoms with Crippen LogP contribution in [-0.2, 0) is 0 Å². The van der Waals surface area contributed by atoms with Crippen molar-refractivity contribution in [3.63, 3.8) is 0 Å². The van der Waals surface area contributed by atoms with Crippen molar-refractivity contribution in [3.8, 4) is 12.3 Å². The molecule has 0 heterocycles. The largest absolute Gasteiger partial charge is 0.236 e. The van der Waals surface area contributed by atoms with Gasteiger partial charge in [-0.25, -0.2) is 10.0 Å². The van der Waals surface area contributed by atoms with Gasteiger partial charge in [-0.05, 0) is 25.7 Å². The van der Waals surface area contributed by atoms with Gasteiger partial charge in [0.15, 0.2) is 0 Å². The SMILES string of the molecule is C#CC(C)S(C)(C)C. The Hall–Kier alpha value is -0.0900. The van der Waals surface area contributed by atoms with Gasteiger partial charge in [-0.15, -0.1) is 6.42 Å². The van der Waals surface area contributed by atoms with Crippen molar-refractivity contribution in [1.82, 2.24) is 0 Å². The first-order valence-electron chi connectivity index (χ1n) is 2.62. The minimum atomic E-state index is -0.489. The van der Waals surface area contributed by atoms with Crippen LogP contribution in [0.25, 0.3) is 0 Å². The predicted octanol–water partition coefficient (Wildman–Crippen LogP) is 1.70. The molecule has 48 valence electrons. The summed E-state index contributed by atoms with van der Waals surface area (Å²) in [7, 11) is -0.489. The third-order valence-electron chi connectivity index (χ3n) is 1.30. The highest BCUT2D eigenvalue weighted by molar-refractivity contribution is 8.32. The molecule has 1 atom stereocenters. The summed E-state index contributed by atoms with van der Waals surface area (Å²) in [5, 5.41) is 0.461. The maximum Gasteiger partial charge on any atom is 0.0467 e. The van der Waals surface area contributed by atoms with Crippen LogP contribution in [0.15, 0.2) is 0 Å². The predicted molar refractivity (Wildman–Crippen MR) is 43.7 cm³/mol. The zero-order valence-electron chi connectivity index (χ0n) is 6.06. The van der Waals surface area contributed by atoms with E-state index in [1.807, 2.05) is 0 Å². The summed E-state index contributed by atoms with van der Waals surface area (Å²) in [6.07, 6.45) is 11.9. The first-order valence-corrected chi connectivity index (χ1v) is 5.54. The first-order chi connectivity index (χ1) is 3.48. The molecule has 0 spiro atoms. The average Bonchev–Trinajstić information content (AvgIpc) is 1.62. The van der Waals surface area contributed by atoms with Crippen LogP contribution in [0.5, 0.6) is 0 Å². The Morgan fingerprint density at radius 3 is 1.75 bits per heavy atom. The van der Waals surface area contributed by atoms with Gasteiger partial charge in [0.25, 0.3) is 0 Å². The molecule has 1 unspecified atom stereocenters. The fourth-order valence-electron chi connectivity index (χ4n) is 0.204. The molecule has 0 aliphatic heterocycles. The first kappa shape index (κ1) is 7.91. The maximum atomic E-state index is 5.23. The van der Waals surface area contributed by atoms with E-state index in [0.29, 0.717) is 5.25 Å². The number of hydrogen-bond donors (Lipinski definition) is 0. The molecule has 0 saturated carbocycles. The van der Waals surface area contributed by atoms with Gasteiger partial charge in [0, 0.05) is 5.25 Å². The molecule has 0 N–H and O–H groups in total. The van der Waals surface area contributed by atoms with Crippen molar-refractivity contribution >= 4 is 10.0 Å². The van der Waals surface area contributed by atoms with Crippen LogP contribution in [0.2, 0.25) is 0 Å². The Morgan fingerprint density at radius 2 is 1.75 bits per heavy atom. The summed E-state index contributed by atoms with van der Waals surface area (Å²) < 4.78 is 0. The minimum absolute atomic E-state index is 0.461. The smallest absolute Gasteiger partial charge is 0.0467 e. The lowest BCUT2D eigenvalue weighted by molar-refractivity contribution is 1.28. The van der Waals surface area contributed by atoms with Crippen LogP contribution >= 0.6 is 10.0 Å². The van der Waals surface area contributed by atoms with Gasteiger partial charge in [0.05, 0.1) is 0 Å². The van der Waals surface area contributed by atoms with E-state index in [1.54, 1.807) is 0 Å². The zero-order chi connectivity index (χ0) is 6.78. The van der Waals surface area contributed by atoms with Crippen molar-refractivity contribution < 1.29 is 0 Å². The van der Waals surface area contributed by atoms with Gasteiger partial charge in [-0.2, -0.15) is 0 Å². The molecule has 0 aromatic carbocycles. The maximum absolute atomic E-state index is 5.23. The van der Waals surface area contributed by atoms with Crippen molar-refractivity contribution in [1.29, 1.82) is 0 Å². The van der Waals surface area contributed by atoms with E-state index in [2.05, 4.69) is 31.6 Å². The topological polar surface area (TPSA) is 0 Å². The van der Waals surface area contributed by atoms with E-state index in [-0.39, 0.29) is 0 Å². The van der Waals surface area contributed by atoms with E-state index in [9.17, 15) is 0 Å². The quantitative estimate of drug-likeness (QED) is 0.474. The number of terminal acetylenes is 1. The molecule has 0 amide bonds. The van der Waals surface area contributed by atoms with E-state index in [4.69, 9.17) is 6.42 Å². The minimum Gasteiger partial charge on any atom is -0.236 e. The summed E-state index contributed by atoms with van der Waals surface area (Å²) in [5.41, 5.74) is 0. The molecule has 0 bridgehead atoms. The summed E-state index contributed by atoms with van der Waals surface area (Å²) in [6.45, 7) is 2.11. The van der Waals surface area contributed by atoms with Crippen molar-refractivity contribution in [3.05, 3.63) is 0 Å². The molecule has 0 radical (unpaired) electrons. The zero-order valence-corrected chi connectivity index (χ0v) is 6.88. The van der Waals surface area contributed by atoms with Gasteiger partial charge < -0.3 is 0 Å². The highest BCUT2D eigenvalue weighted by Gasteiger charge is 2.10. The second-order valence-corrected chi connectivity index (χ2v) is 7.31. The fraction of sp³-hybridized carbons (Fsp3) is 0.714. The van der Waals surface area contributed by atoms with Crippen LogP contribution < -0.4 is 0 Å². The van der Waals surface area contributed by atoms with E-state index in [1.165, 1.54) is 0 Å². The molecule has 0 rings (SSSR count). The standard InChI is InChI=1S/C7H14S/c1-6-7(2)8(3,4)5/h1,7H,2-5H3.